The van der Waals surface area contributed by atoms with Crippen LogP contribution in [0.25, 0.3) is 0 Å². The summed E-state index contributed by atoms with van der Waals surface area (Å²) in [6.07, 6.45) is -2.71. The summed E-state index contributed by atoms with van der Waals surface area (Å²) in [5.41, 5.74) is 4.80. The number of alkyl halides is 3. The summed E-state index contributed by atoms with van der Waals surface area (Å²) in [6.45, 7) is -0.813. The molecule has 12 heavy (non-hydrogen) atoms. The summed E-state index contributed by atoms with van der Waals surface area (Å²) in [6, 6.07) is 2.23. The van der Waals surface area contributed by atoms with E-state index in [1.54, 1.807) is 0 Å². The van der Waals surface area contributed by atoms with Crippen LogP contribution in [0.4, 0.5) is 19.0 Å². The topological polar surface area (TPSA) is 38.9 Å². The molecular formula is C7H7F3N2. The first-order valence-corrected chi connectivity index (χ1v) is 3.24. The maximum absolute atomic E-state index is 12.0. The average molecular weight is 176 g/mol. The van der Waals surface area contributed by atoms with Crippen LogP contribution in [0.1, 0.15) is 17.7 Å². The molecule has 66 valence electrons. The average Bonchev–Trinajstić information content (AvgIpc) is 2.03. The molecule has 0 aliphatic heterocycles. The Morgan fingerprint density at radius 2 is 2.08 bits per heavy atom. The van der Waals surface area contributed by atoms with Crippen molar-refractivity contribution < 1.29 is 13.2 Å². The number of rotatable bonds is 2. The molecule has 0 fully saturated rings. The van der Waals surface area contributed by atoms with Gasteiger partial charge in [0.1, 0.15) is 18.2 Å². The second-order valence-electron chi connectivity index (χ2n) is 2.26. The molecule has 0 aliphatic carbocycles. The predicted octanol–water partition coefficient (Wildman–Crippen LogP) is 2.07. The summed E-state index contributed by atoms with van der Waals surface area (Å²) in [4.78, 5) is 3.34. The number of anilines is 1. The van der Waals surface area contributed by atoms with Crippen LogP contribution >= 0.6 is 0 Å². The van der Waals surface area contributed by atoms with Gasteiger partial charge in [-0.25, -0.2) is 18.2 Å². The molecule has 1 aromatic rings. The fourth-order valence-corrected chi connectivity index (χ4v) is 0.824. The van der Waals surface area contributed by atoms with Gasteiger partial charge in [0.05, 0.1) is 0 Å². The zero-order valence-electron chi connectivity index (χ0n) is 6.10. The normalized spacial score (nSPS) is 10.7. The summed E-state index contributed by atoms with van der Waals surface area (Å²) >= 11 is 0. The number of hydrogen-bond donors (Lipinski definition) is 1. The van der Waals surface area contributed by atoms with E-state index < -0.39 is 18.8 Å². The molecule has 0 atom stereocenters. The van der Waals surface area contributed by atoms with Gasteiger partial charge in [-0.05, 0) is 17.7 Å². The highest BCUT2D eigenvalue weighted by Crippen LogP contribution is 2.19. The largest absolute Gasteiger partial charge is 0.384 e. The van der Waals surface area contributed by atoms with Crippen LogP contribution in [-0.4, -0.2) is 4.98 Å². The summed E-state index contributed by atoms with van der Waals surface area (Å²) in [5, 5.41) is 0. The zero-order chi connectivity index (χ0) is 9.14. The van der Waals surface area contributed by atoms with Crippen molar-refractivity contribution in [3.05, 3.63) is 23.4 Å². The molecule has 0 radical (unpaired) electrons. The molecule has 0 unspecified atom stereocenters. The van der Waals surface area contributed by atoms with Crippen LogP contribution in [0.2, 0.25) is 0 Å². The molecule has 0 spiro atoms. The summed E-state index contributed by atoms with van der Waals surface area (Å²) in [7, 11) is 0. The first-order chi connectivity index (χ1) is 5.63. The number of halogens is 3. The van der Waals surface area contributed by atoms with Crippen molar-refractivity contribution in [3.8, 4) is 0 Å². The smallest absolute Gasteiger partial charge is 0.280 e. The quantitative estimate of drug-likeness (QED) is 0.749. The minimum atomic E-state index is -2.71. The van der Waals surface area contributed by atoms with Gasteiger partial charge < -0.3 is 5.73 Å². The van der Waals surface area contributed by atoms with Gasteiger partial charge in [-0.15, -0.1) is 0 Å². The minimum Gasteiger partial charge on any atom is -0.384 e. The van der Waals surface area contributed by atoms with E-state index in [1.807, 2.05) is 0 Å². The lowest BCUT2D eigenvalue weighted by Gasteiger charge is -2.02. The number of pyridine rings is 1. The van der Waals surface area contributed by atoms with Gasteiger partial charge in [0, 0.05) is 0 Å². The Bertz CT molecular complexity index is 275. The third-order valence-electron chi connectivity index (χ3n) is 1.30. The Balaban J connectivity index is 3.06. The molecule has 0 saturated heterocycles. The van der Waals surface area contributed by atoms with E-state index in [-0.39, 0.29) is 11.4 Å². The maximum atomic E-state index is 12.0. The molecular weight excluding hydrogens is 169 g/mol. The Morgan fingerprint density at radius 3 is 2.58 bits per heavy atom. The first-order valence-electron chi connectivity index (χ1n) is 3.24. The lowest BCUT2D eigenvalue weighted by molar-refractivity contribution is 0.146. The number of nitrogens with two attached hydrogens (primary N) is 1. The molecule has 1 rings (SSSR count). The van der Waals surface area contributed by atoms with E-state index in [0.29, 0.717) is 0 Å². The van der Waals surface area contributed by atoms with E-state index in [0.717, 1.165) is 6.07 Å². The lowest BCUT2D eigenvalue weighted by atomic mass is 10.2. The highest BCUT2D eigenvalue weighted by atomic mass is 19.3. The van der Waals surface area contributed by atoms with Gasteiger partial charge in [0.2, 0.25) is 0 Å². The van der Waals surface area contributed by atoms with Crippen molar-refractivity contribution in [2.75, 3.05) is 5.73 Å². The predicted molar refractivity (Wildman–Crippen MR) is 38.4 cm³/mol. The van der Waals surface area contributed by atoms with Gasteiger partial charge >= 0.3 is 0 Å². The van der Waals surface area contributed by atoms with Crippen LogP contribution in [0, 0.1) is 0 Å². The number of aromatic nitrogens is 1. The van der Waals surface area contributed by atoms with Crippen LogP contribution in [0.15, 0.2) is 12.1 Å². The Labute approximate surface area is 67.2 Å². The molecule has 0 aliphatic rings. The highest BCUT2D eigenvalue weighted by molar-refractivity contribution is 5.34. The Kier molecular flexibility index (Phi) is 2.52. The molecule has 2 nitrogen and oxygen atoms in total. The van der Waals surface area contributed by atoms with Gasteiger partial charge in [-0.3, -0.25) is 0 Å². The van der Waals surface area contributed by atoms with Crippen molar-refractivity contribution in [2.45, 2.75) is 13.1 Å². The minimum absolute atomic E-state index is 0.0829. The van der Waals surface area contributed by atoms with Crippen molar-refractivity contribution >= 4 is 5.82 Å². The summed E-state index contributed by atoms with van der Waals surface area (Å²) in [5.74, 6) is -0.0829. The standard InChI is InChI=1S/C7H7F3N2/c8-3-4-1-5(7(9)10)12-6(11)2-4/h1-2,7H,3H2,(H2,11,12). The van der Waals surface area contributed by atoms with Gasteiger partial charge in [0.15, 0.2) is 0 Å². The van der Waals surface area contributed by atoms with Crippen LogP contribution in [0.3, 0.4) is 0 Å². The fraction of sp³-hybridized carbons (Fsp3) is 0.286. The molecule has 1 aromatic heterocycles. The van der Waals surface area contributed by atoms with Crippen molar-refractivity contribution in [1.29, 1.82) is 0 Å². The van der Waals surface area contributed by atoms with Crippen LogP contribution in [0.5, 0.6) is 0 Å². The molecule has 5 heteroatoms. The molecule has 0 aromatic carbocycles. The SMILES string of the molecule is Nc1cc(CF)cc(C(F)F)n1. The molecule has 0 saturated carbocycles. The molecule has 2 N–H and O–H groups in total. The molecule has 1 heterocycles. The second kappa shape index (κ2) is 3.42. The van der Waals surface area contributed by atoms with Gasteiger partial charge in [-0.1, -0.05) is 0 Å². The van der Waals surface area contributed by atoms with E-state index in [9.17, 15) is 13.2 Å². The zero-order valence-corrected chi connectivity index (χ0v) is 6.10. The third kappa shape index (κ3) is 1.87. The summed E-state index contributed by atoms with van der Waals surface area (Å²) < 4.78 is 36.1. The van der Waals surface area contributed by atoms with Crippen molar-refractivity contribution in [1.82, 2.24) is 4.98 Å². The van der Waals surface area contributed by atoms with E-state index in [4.69, 9.17) is 5.73 Å². The van der Waals surface area contributed by atoms with E-state index in [2.05, 4.69) is 4.98 Å². The highest BCUT2D eigenvalue weighted by Gasteiger charge is 2.10. The molecule has 0 bridgehead atoms. The van der Waals surface area contributed by atoms with Gasteiger partial charge in [0.25, 0.3) is 6.43 Å². The number of nitrogen functional groups attached to an aromatic ring is 1. The number of hydrogen-bond acceptors (Lipinski definition) is 2. The van der Waals surface area contributed by atoms with Crippen LogP contribution in [-0.2, 0) is 6.67 Å². The van der Waals surface area contributed by atoms with Gasteiger partial charge in [-0.2, -0.15) is 0 Å². The first kappa shape index (κ1) is 8.83. The maximum Gasteiger partial charge on any atom is 0.280 e. The second-order valence-corrected chi connectivity index (χ2v) is 2.26. The fourth-order valence-electron chi connectivity index (χ4n) is 0.824. The Morgan fingerprint density at radius 1 is 1.42 bits per heavy atom. The van der Waals surface area contributed by atoms with E-state index >= 15 is 0 Å². The van der Waals surface area contributed by atoms with E-state index in [1.165, 1.54) is 6.07 Å². The monoisotopic (exact) mass is 176 g/mol. The lowest BCUT2D eigenvalue weighted by Crippen LogP contribution is -1.98. The molecule has 0 amide bonds. The van der Waals surface area contributed by atoms with Crippen molar-refractivity contribution in [3.63, 3.8) is 0 Å². The Hall–Kier alpha value is -1.26. The van der Waals surface area contributed by atoms with Crippen LogP contribution < -0.4 is 5.73 Å². The van der Waals surface area contributed by atoms with Crippen molar-refractivity contribution in [2.24, 2.45) is 0 Å². The number of nitrogens with zero attached hydrogens (tertiary/aromatic N) is 1. The third-order valence-corrected chi connectivity index (χ3v) is 1.30.